The largest absolute Gasteiger partial charge is 0.342 e. The van der Waals surface area contributed by atoms with Crippen LogP contribution < -0.4 is 0 Å². The van der Waals surface area contributed by atoms with Crippen molar-refractivity contribution in [1.82, 2.24) is 4.90 Å². The fraction of sp³-hybridized carbons (Fsp3) is 0.615. The summed E-state index contributed by atoms with van der Waals surface area (Å²) in [6, 6.07) is 4.02. The van der Waals surface area contributed by atoms with Gasteiger partial charge in [0.2, 0.25) is 5.91 Å². The number of hydrogen-bond acceptors (Lipinski definition) is 2. The monoisotopic (exact) mass is 271 g/mol. The summed E-state index contributed by atoms with van der Waals surface area (Å²) in [7, 11) is 0. The maximum Gasteiger partial charge on any atom is 0.227 e. The second kappa shape index (κ2) is 5.87. The van der Waals surface area contributed by atoms with E-state index in [1.807, 2.05) is 22.4 Å². The summed E-state index contributed by atoms with van der Waals surface area (Å²) in [5, 5.41) is 2.24. The summed E-state index contributed by atoms with van der Waals surface area (Å²) in [6.07, 6.45) is 2.64. The van der Waals surface area contributed by atoms with Gasteiger partial charge in [0, 0.05) is 23.3 Å². The first-order chi connectivity index (χ1) is 8.16. The Morgan fingerprint density at radius 2 is 2.29 bits per heavy atom. The third-order valence-corrected chi connectivity index (χ3v) is 4.68. The number of rotatable bonds is 3. The normalized spacial score (nSPS) is 19.3. The van der Waals surface area contributed by atoms with E-state index in [1.165, 1.54) is 0 Å². The molecule has 94 valence electrons. The van der Waals surface area contributed by atoms with Gasteiger partial charge in [0.05, 0.1) is 6.42 Å². The van der Waals surface area contributed by atoms with E-state index in [1.54, 1.807) is 11.3 Å². The minimum Gasteiger partial charge on any atom is -0.342 e. The van der Waals surface area contributed by atoms with E-state index in [0.717, 1.165) is 30.8 Å². The number of carbonyl (C=O) groups is 1. The van der Waals surface area contributed by atoms with Gasteiger partial charge in [0.25, 0.3) is 0 Å². The Hall–Kier alpha value is -0.540. The molecule has 0 bridgehead atoms. The first-order valence-electron chi connectivity index (χ1n) is 6.11. The predicted molar refractivity (Wildman–Crippen MR) is 72.6 cm³/mol. The molecule has 0 aromatic carbocycles. The van der Waals surface area contributed by atoms with Gasteiger partial charge in [-0.05, 0) is 37.1 Å². The molecule has 1 amide bonds. The molecule has 0 aliphatic carbocycles. The summed E-state index contributed by atoms with van der Waals surface area (Å²) >= 11 is 7.75. The van der Waals surface area contributed by atoms with Gasteiger partial charge in [-0.2, -0.15) is 0 Å². The Morgan fingerprint density at radius 3 is 2.82 bits per heavy atom. The van der Waals surface area contributed by atoms with Crippen molar-refractivity contribution in [3.8, 4) is 0 Å². The maximum absolute atomic E-state index is 12.0. The lowest BCUT2D eigenvalue weighted by Crippen LogP contribution is -2.40. The number of carbonyl (C=O) groups excluding carboxylic acids is 1. The highest BCUT2D eigenvalue weighted by molar-refractivity contribution is 7.10. The number of alkyl halides is 1. The number of halogens is 1. The highest BCUT2D eigenvalue weighted by Gasteiger charge is 2.25. The van der Waals surface area contributed by atoms with Crippen LogP contribution in [-0.4, -0.2) is 29.3 Å². The Kier molecular flexibility index (Phi) is 4.46. The first kappa shape index (κ1) is 12.9. The smallest absolute Gasteiger partial charge is 0.227 e. The summed E-state index contributed by atoms with van der Waals surface area (Å²) in [5.74, 6) is 0.829. The second-order valence-corrected chi connectivity index (χ2v) is 6.37. The molecule has 0 saturated carbocycles. The number of likely N-dealkylation sites (tertiary alicyclic amines) is 1. The standard InChI is InChI=1S/C13H18ClNOS/c1-10(14)11-4-6-15(7-5-11)13(16)9-12-3-2-8-17-12/h2-3,8,10-11H,4-7,9H2,1H3. The van der Waals surface area contributed by atoms with Crippen LogP contribution in [-0.2, 0) is 11.2 Å². The summed E-state index contributed by atoms with van der Waals surface area (Å²) in [5.41, 5.74) is 0. The first-order valence-corrected chi connectivity index (χ1v) is 7.42. The van der Waals surface area contributed by atoms with E-state index >= 15 is 0 Å². The van der Waals surface area contributed by atoms with Crippen molar-refractivity contribution in [3.05, 3.63) is 22.4 Å². The number of piperidine rings is 1. The van der Waals surface area contributed by atoms with Crippen LogP contribution >= 0.6 is 22.9 Å². The van der Waals surface area contributed by atoms with Gasteiger partial charge in [-0.1, -0.05) is 6.07 Å². The highest BCUT2D eigenvalue weighted by Crippen LogP contribution is 2.24. The second-order valence-electron chi connectivity index (χ2n) is 4.65. The molecule has 17 heavy (non-hydrogen) atoms. The summed E-state index contributed by atoms with van der Waals surface area (Å²) in [6.45, 7) is 3.78. The van der Waals surface area contributed by atoms with E-state index in [0.29, 0.717) is 12.3 Å². The minimum atomic E-state index is 0.226. The number of thiophene rings is 1. The molecule has 1 saturated heterocycles. The van der Waals surface area contributed by atoms with Gasteiger partial charge in [-0.15, -0.1) is 22.9 Å². The fourth-order valence-electron chi connectivity index (χ4n) is 2.28. The molecule has 1 aliphatic heterocycles. The molecule has 0 spiro atoms. The van der Waals surface area contributed by atoms with Gasteiger partial charge in [0.1, 0.15) is 0 Å². The summed E-state index contributed by atoms with van der Waals surface area (Å²) < 4.78 is 0. The highest BCUT2D eigenvalue weighted by atomic mass is 35.5. The fourth-order valence-corrected chi connectivity index (χ4v) is 3.23. The molecular weight excluding hydrogens is 254 g/mol. The third kappa shape index (κ3) is 3.46. The lowest BCUT2D eigenvalue weighted by atomic mass is 9.94. The van der Waals surface area contributed by atoms with Crippen molar-refractivity contribution in [2.24, 2.45) is 5.92 Å². The van der Waals surface area contributed by atoms with Crippen molar-refractivity contribution >= 4 is 28.8 Å². The molecule has 1 aromatic heterocycles. The Balaban J connectivity index is 1.82. The molecule has 1 aromatic rings. The van der Waals surface area contributed by atoms with Crippen LogP contribution in [0.2, 0.25) is 0 Å². The molecule has 4 heteroatoms. The Morgan fingerprint density at radius 1 is 1.59 bits per heavy atom. The zero-order valence-corrected chi connectivity index (χ0v) is 11.6. The lowest BCUT2D eigenvalue weighted by molar-refractivity contribution is -0.131. The molecule has 1 atom stereocenters. The van der Waals surface area contributed by atoms with Gasteiger partial charge in [-0.3, -0.25) is 4.79 Å². The molecule has 2 rings (SSSR count). The van der Waals surface area contributed by atoms with Gasteiger partial charge >= 0.3 is 0 Å². The predicted octanol–water partition coefficient (Wildman–Crippen LogP) is 3.16. The SMILES string of the molecule is CC(Cl)C1CCN(C(=O)Cc2cccs2)CC1. The average molecular weight is 272 g/mol. The number of nitrogens with zero attached hydrogens (tertiary/aromatic N) is 1. The number of hydrogen-bond donors (Lipinski definition) is 0. The van der Waals surface area contributed by atoms with Crippen molar-refractivity contribution in [2.75, 3.05) is 13.1 Å². The topological polar surface area (TPSA) is 20.3 Å². The van der Waals surface area contributed by atoms with Crippen molar-refractivity contribution < 1.29 is 4.79 Å². The van der Waals surface area contributed by atoms with Crippen molar-refractivity contribution in [1.29, 1.82) is 0 Å². The van der Waals surface area contributed by atoms with Crippen LogP contribution in [0.4, 0.5) is 0 Å². The van der Waals surface area contributed by atoms with Crippen LogP contribution in [0.15, 0.2) is 17.5 Å². The van der Waals surface area contributed by atoms with Gasteiger partial charge in [0.15, 0.2) is 0 Å². The minimum absolute atomic E-state index is 0.226. The summed E-state index contributed by atoms with van der Waals surface area (Å²) in [4.78, 5) is 15.2. The Bertz CT molecular complexity index is 356. The van der Waals surface area contributed by atoms with Crippen LogP contribution in [0.3, 0.4) is 0 Å². The molecule has 1 unspecified atom stereocenters. The Labute approximate surface area is 112 Å². The van der Waals surface area contributed by atoms with E-state index in [-0.39, 0.29) is 11.3 Å². The van der Waals surface area contributed by atoms with Crippen LogP contribution in [0.25, 0.3) is 0 Å². The number of amides is 1. The molecule has 0 radical (unpaired) electrons. The van der Waals surface area contributed by atoms with Gasteiger partial charge in [-0.25, -0.2) is 0 Å². The van der Waals surface area contributed by atoms with Crippen molar-refractivity contribution in [2.45, 2.75) is 31.6 Å². The van der Waals surface area contributed by atoms with E-state index < -0.39 is 0 Å². The van der Waals surface area contributed by atoms with Crippen molar-refractivity contribution in [3.63, 3.8) is 0 Å². The molecule has 1 fully saturated rings. The molecule has 1 aliphatic rings. The van der Waals surface area contributed by atoms with Crippen LogP contribution in [0.1, 0.15) is 24.6 Å². The van der Waals surface area contributed by atoms with E-state index in [4.69, 9.17) is 11.6 Å². The van der Waals surface area contributed by atoms with Gasteiger partial charge < -0.3 is 4.90 Å². The lowest BCUT2D eigenvalue weighted by Gasteiger charge is -2.33. The zero-order chi connectivity index (χ0) is 12.3. The molecule has 0 N–H and O–H groups in total. The van der Waals surface area contributed by atoms with E-state index in [9.17, 15) is 4.79 Å². The average Bonchev–Trinajstić information content (AvgIpc) is 2.82. The molecule has 2 nitrogen and oxygen atoms in total. The quantitative estimate of drug-likeness (QED) is 0.774. The van der Waals surface area contributed by atoms with Crippen LogP contribution in [0.5, 0.6) is 0 Å². The molecular formula is C13H18ClNOS. The zero-order valence-electron chi connectivity index (χ0n) is 10.1. The third-order valence-electron chi connectivity index (χ3n) is 3.45. The maximum atomic E-state index is 12.0. The van der Waals surface area contributed by atoms with Crippen LogP contribution in [0, 0.1) is 5.92 Å². The molecule has 2 heterocycles. The van der Waals surface area contributed by atoms with E-state index in [2.05, 4.69) is 6.92 Å².